The number of aromatic nitrogens is 3. The molecule has 0 aliphatic heterocycles. The molecule has 124 valence electrons. The van der Waals surface area contributed by atoms with Gasteiger partial charge in [-0.25, -0.2) is 14.8 Å². The van der Waals surface area contributed by atoms with E-state index in [1.165, 1.54) is 0 Å². The van der Waals surface area contributed by atoms with Crippen molar-refractivity contribution in [3.63, 3.8) is 0 Å². The van der Waals surface area contributed by atoms with E-state index in [1.54, 1.807) is 19.4 Å². The first-order valence-corrected chi connectivity index (χ1v) is 7.49. The van der Waals surface area contributed by atoms with Crippen molar-refractivity contribution in [2.75, 3.05) is 30.8 Å². The first-order valence-electron chi connectivity index (χ1n) is 7.49. The summed E-state index contributed by atoms with van der Waals surface area (Å²) in [6, 6.07) is 7.09. The average Bonchev–Trinajstić information content (AvgIpc) is 3.04. The van der Waals surface area contributed by atoms with Gasteiger partial charge in [-0.1, -0.05) is 12.1 Å². The molecule has 4 N–H and O–H groups in total. The van der Waals surface area contributed by atoms with Gasteiger partial charge < -0.3 is 21.1 Å². The Labute approximate surface area is 138 Å². The van der Waals surface area contributed by atoms with Crippen molar-refractivity contribution < 1.29 is 9.90 Å². The van der Waals surface area contributed by atoms with Gasteiger partial charge in [0.15, 0.2) is 11.5 Å². The number of amides is 2. The highest BCUT2D eigenvalue weighted by atomic mass is 16.3. The van der Waals surface area contributed by atoms with Crippen LogP contribution in [0.15, 0.2) is 42.9 Å². The summed E-state index contributed by atoms with van der Waals surface area (Å²) in [7, 11) is 1.80. The van der Waals surface area contributed by atoms with Gasteiger partial charge in [0, 0.05) is 37.2 Å². The lowest BCUT2D eigenvalue weighted by Crippen LogP contribution is -2.30. The molecule has 0 saturated heterocycles. The van der Waals surface area contributed by atoms with Crippen LogP contribution in [0.25, 0.3) is 16.9 Å². The first-order chi connectivity index (χ1) is 11.7. The van der Waals surface area contributed by atoms with E-state index in [0.29, 0.717) is 11.5 Å². The standard InChI is InChI=1S/C16H18N6O2/c1-17-14-15-20-10-13(22(15)8-6-18-14)11-2-4-12(5-3-11)21-16(24)19-7-9-23/h2-6,8,10,23H,7,9H2,1H3,(H,17,18)(H2,19,21,24). The SMILES string of the molecule is CNc1nccn2c(-c3ccc(NC(=O)NCCO)cc3)cnc12. The highest BCUT2D eigenvalue weighted by Gasteiger charge is 2.09. The summed E-state index contributed by atoms with van der Waals surface area (Å²) >= 11 is 0. The molecule has 2 amide bonds. The van der Waals surface area contributed by atoms with Gasteiger partial charge in [-0.3, -0.25) is 4.40 Å². The highest BCUT2D eigenvalue weighted by Crippen LogP contribution is 2.24. The maximum absolute atomic E-state index is 11.6. The van der Waals surface area contributed by atoms with Gasteiger partial charge in [-0.15, -0.1) is 0 Å². The first kappa shape index (κ1) is 15.8. The number of fused-ring (bicyclic) bond motifs is 1. The van der Waals surface area contributed by atoms with Crippen LogP contribution in [0.1, 0.15) is 0 Å². The van der Waals surface area contributed by atoms with Crippen molar-refractivity contribution in [1.29, 1.82) is 0 Å². The summed E-state index contributed by atoms with van der Waals surface area (Å²) in [6.45, 7) is 0.123. The molecule has 2 heterocycles. The zero-order valence-electron chi connectivity index (χ0n) is 13.2. The minimum absolute atomic E-state index is 0.0931. The average molecular weight is 326 g/mol. The fourth-order valence-corrected chi connectivity index (χ4v) is 2.38. The van der Waals surface area contributed by atoms with E-state index < -0.39 is 0 Å². The molecule has 0 radical (unpaired) electrons. The third-order valence-electron chi connectivity index (χ3n) is 3.50. The lowest BCUT2D eigenvalue weighted by atomic mass is 10.1. The van der Waals surface area contributed by atoms with E-state index in [1.807, 2.05) is 34.9 Å². The molecule has 0 aliphatic carbocycles. The Morgan fingerprint density at radius 2 is 2.04 bits per heavy atom. The van der Waals surface area contributed by atoms with Crippen LogP contribution in [0.5, 0.6) is 0 Å². The zero-order chi connectivity index (χ0) is 16.9. The van der Waals surface area contributed by atoms with Crippen molar-refractivity contribution in [2.45, 2.75) is 0 Å². The molecule has 8 heteroatoms. The topological polar surface area (TPSA) is 104 Å². The van der Waals surface area contributed by atoms with Crippen molar-refractivity contribution >= 4 is 23.2 Å². The molecule has 1 aromatic carbocycles. The lowest BCUT2D eigenvalue weighted by molar-refractivity contribution is 0.245. The lowest BCUT2D eigenvalue weighted by Gasteiger charge is -2.08. The number of hydrogen-bond donors (Lipinski definition) is 4. The van der Waals surface area contributed by atoms with Gasteiger partial charge in [0.1, 0.15) is 0 Å². The van der Waals surface area contributed by atoms with Crippen LogP contribution in [0, 0.1) is 0 Å². The van der Waals surface area contributed by atoms with Crippen LogP contribution in [0.4, 0.5) is 16.3 Å². The number of rotatable bonds is 5. The van der Waals surface area contributed by atoms with Gasteiger partial charge in [0.2, 0.25) is 0 Å². The summed E-state index contributed by atoms with van der Waals surface area (Å²) in [6.07, 6.45) is 5.35. The fourth-order valence-electron chi connectivity index (χ4n) is 2.38. The molecule has 8 nitrogen and oxygen atoms in total. The van der Waals surface area contributed by atoms with E-state index in [0.717, 1.165) is 16.9 Å². The Morgan fingerprint density at radius 3 is 2.75 bits per heavy atom. The Hall–Kier alpha value is -3.13. The van der Waals surface area contributed by atoms with E-state index in [9.17, 15) is 4.79 Å². The van der Waals surface area contributed by atoms with E-state index in [4.69, 9.17) is 5.11 Å². The molecule has 24 heavy (non-hydrogen) atoms. The molecular weight excluding hydrogens is 308 g/mol. The monoisotopic (exact) mass is 326 g/mol. The minimum atomic E-state index is -0.351. The zero-order valence-corrected chi connectivity index (χ0v) is 13.2. The Kier molecular flexibility index (Phi) is 4.57. The Morgan fingerprint density at radius 1 is 1.25 bits per heavy atom. The summed E-state index contributed by atoms with van der Waals surface area (Å²) < 4.78 is 1.95. The third-order valence-corrected chi connectivity index (χ3v) is 3.50. The molecule has 0 fully saturated rings. The summed E-state index contributed by atoms with van der Waals surface area (Å²) in [5, 5.41) is 16.9. The van der Waals surface area contributed by atoms with Gasteiger partial charge in [0.25, 0.3) is 0 Å². The second kappa shape index (κ2) is 6.97. The number of urea groups is 1. The van der Waals surface area contributed by atoms with Crippen molar-refractivity contribution in [2.24, 2.45) is 0 Å². The molecule has 0 saturated carbocycles. The smallest absolute Gasteiger partial charge is 0.319 e. The predicted octanol–water partition coefficient (Wildman–Crippen LogP) is 1.55. The number of anilines is 2. The Bertz CT molecular complexity index is 843. The molecule has 0 atom stereocenters. The summed E-state index contributed by atoms with van der Waals surface area (Å²) in [4.78, 5) is 20.2. The number of nitrogens with one attached hydrogen (secondary N) is 3. The summed E-state index contributed by atoms with van der Waals surface area (Å²) in [5.74, 6) is 0.711. The van der Waals surface area contributed by atoms with Crippen molar-refractivity contribution in [3.8, 4) is 11.3 Å². The number of carbonyl (C=O) groups is 1. The number of aliphatic hydroxyl groups excluding tert-OH is 1. The number of aliphatic hydroxyl groups is 1. The van der Waals surface area contributed by atoms with Gasteiger partial charge in [-0.2, -0.15) is 0 Å². The van der Waals surface area contributed by atoms with Crippen LogP contribution in [-0.2, 0) is 0 Å². The number of hydrogen-bond acceptors (Lipinski definition) is 5. The number of carbonyl (C=O) groups excluding carboxylic acids is 1. The quantitative estimate of drug-likeness (QED) is 0.569. The van der Waals surface area contributed by atoms with E-state index >= 15 is 0 Å². The third kappa shape index (κ3) is 3.13. The van der Waals surface area contributed by atoms with Crippen molar-refractivity contribution in [3.05, 3.63) is 42.9 Å². The summed E-state index contributed by atoms with van der Waals surface area (Å²) in [5.41, 5.74) is 3.32. The maximum Gasteiger partial charge on any atom is 0.319 e. The van der Waals surface area contributed by atoms with Crippen molar-refractivity contribution in [1.82, 2.24) is 19.7 Å². The molecule has 0 unspecified atom stereocenters. The molecule has 3 aromatic rings. The fraction of sp³-hybridized carbons (Fsp3) is 0.188. The molecular formula is C16H18N6O2. The predicted molar refractivity (Wildman–Crippen MR) is 92.1 cm³/mol. The van der Waals surface area contributed by atoms with Crippen LogP contribution >= 0.6 is 0 Å². The Balaban J connectivity index is 1.82. The second-order valence-electron chi connectivity index (χ2n) is 5.04. The largest absolute Gasteiger partial charge is 0.395 e. The van der Waals surface area contributed by atoms with Gasteiger partial charge in [0.05, 0.1) is 18.5 Å². The second-order valence-corrected chi connectivity index (χ2v) is 5.04. The maximum atomic E-state index is 11.6. The van der Waals surface area contributed by atoms with E-state index in [2.05, 4.69) is 25.9 Å². The number of imidazole rings is 1. The molecule has 3 rings (SSSR count). The van der Waals surface area contributed by atoms with Gasteiger partial charge in [-0.05, 0) is 12.1 Å². The normalized spacial score (nSPS) is 10.6. The number of nitrogens with zero attached hydrogens (tertiary/aromatic N) is 3. The van der Waals surface area contributed by atoms with Crippen LogP contribution in [0.3, 0.4) is 0 Å². The van der Waals surface area contributed by atoms with Gasteiger partial charge >= 0.3 is 6.03 Å². The molecule has 0 spiro atoms. The van der Waals surface area contributed by atoms with Crippen LogP contribution in [-0.4, -0.2) is 45.7 Å². The van der Waals surface area contributed by atoms with E-state index in [-0.39, 0.29) is 19.2 Å². The molecule has 0 aliphatic rings. The van der Waals surface area contributed by atoms with Crippen LogP contribution < -0.4 is 16.0 Å². The minimum Gasteiger partial charge on any atom is -0.395 e. The van der Waals surface area contributed by atoms with Crippen LogP contribution in [0.2, 0.25) is 0 Å². The molecule has 0 bridgehead atoms. The number of benzene rings is 1. The highest BCUT2D eigenvalue weighted by molar-refractivity contribution is 5.89. The molecule has 2 aromatic heterocycles.